The molecule has 104 valence electrons. The molecule has 0 saturated heterocycles. The van der Waals surface area contributed by atoms with Gasteiger partial charge in [-0.15, -0.1) is 0 Å². The van der Waals surface area contributed by atoms with E-state index in [1.54, 1.807) is 0 Å². The molecule has 1 rings (SSSR count). The van der Waals surface area contributed by atoms with Crippen molar-refractivity contribution in [3.05, 3.63) is 27.4 Å². The second-order valence-electron chi connectivity index (χ2n) is 3.42. The number of nitro groups is 1. The van der Waals surface area contributed by atoms with E-state index >= 15 is 0 Å². The summed E-state index contributed by atoms with van der Waals surface area (Å²) in [5.41, 5.74) is -1.21. The van der Waals surface area contributed by atoms with Gasteiger partial charge in [-0.25, -0.2) is 8.78 Å². The van der Waals surface area contributed by atoms with Gasteiger partial charge in [0.2, 0.25) is 11.4 Å². The maximum absolute atomic E-state index is 12.5. The average Bonchev–Trinajstić information content (AvgIpc) is 2.31. The lowest BCUT2D eigenvalue weighted by molar-refractivity contribution is -0.390. The number of hydrogen-bond donors (Lipinski definition) is 1. The van der Waals surface area contributed by atoms with Gasteiger partial charge in [0.05, 0.1) is 13.0 Å². The molecular formula is C10H10F2N2O5. The van der Waals surface area contributed by atoms with Crippen molar-refractivity contribution in [2.45, 2.75) is 19.8 Å². The van der Waals surface area contributed by atoms with Crippen LogP contribution >= 0.6 is 0 Å². The molecular weight excluding hydrogens is 266 g/mol. The van der Waals surface area contributed by atoms with Crippen LogP contribution in [0, 0.1) is 10.1 Å². The monoisotopic (exact) mass is 276 g/mol. The number of hydrogen-bond acceptors (Lipinski definition) is 6. The molecule has 19 heavy (non-hydrogen) atoms. The summed E-state index contributed by atoms with van der Waals surface area (Å²) in [4.78, 5) is 23.7. The van der Waals surface area contributed by atoms with E-state index in [2.05, 4.69) is 9.72 Å². The summed E-state index contributed by atoms with van der Waals surface area (Å²) in [5, 5.41) is 20.1. The van der Waals surface area contributed by atoms with Crippen LogP contribution < -0.4 is 0 Å². The standard InChI is InChI=1S/C10H10F2N2O5/c1-2-19-7(15)4-5-3-6(9(11)12)13-10(8(5)16)14(17)18/h3,9,16H,2,4H2,1H3. The summed E-state index contributed by atoms with van der Waals surface area (Å²) < 4.78 is 29.6. The predicted molar refractivity (Wildman–Crippen MR) is 57.9 cm³/mol. The summed E-state index contributed by atoms with van der Waals surface area (Å²) in [7, 11) is 0. The van der Waals surface area contributed by atoms with Gasteiger partial charge in [-0.05, 0) is 22.9 Å². The number of aromatic nitrogens is 1. The number of nitrogens with zero attached hydrogens (tertiary/aromatic N) is 2. The molecule has 0 unspecified atom stereocenters. The molecule has 9 heteroatoms. The number of carbonyl (C=O) groups is 1. The number of rotatable bonds is 5. The van der Waals surface area contributed by atoms with Gasteiger partial charge in [0.15, 0.2) is 0 Å². The van der Waals surface area contributed by atoms with Gasteiger partial charge in [0.1, 0.15) is 0 Å². The smallest absolute Gasteiger partial charge is 0.406 e. The van der Waals surface area contributed by atoms with Crippen molar-refractivity contribution in [1.82, 2.24) is 4.98 Å². The summed E-state index contributed by atoms with van der Waals surface area (Å²) in [5.74, 6) is -2.82. The van der Waals surface area contributed by atoms with E-state index in [0.717, 1.165) is 6.07 Å². The Kier molecular flexibility index (Phi) is 4.67. The Bertz CT molecular complexity index is 507. The minimum atomic E-state index is -3.06. The third kappa shape index (κ3) is 3.57. The van der Waals surface area contributed by atoms with Crippen molar-refractivity contribution in [3.63, 3.8) is 0 Å². The van der Waals surface area contributed by atoms with E-state index in [1.165, 1.54) is 6.92 Å². The number of halogens is 2. The highest BCUT2D eigenvalue weighted by Gasteiger charge is 2.27. The summed E-state index contributed by atoms with van der Waals surface area (Å²) in [6.45, 7) is 1.60. The quantitative estimate of drug-likeness (QED) is 0.499. The molecule has 1 aromatic heterocycles. The molecule has 0 amide bonds. The van der Waals surface area contributed by atoms with E-state index < -0.39 is 41.0 Å². The molecule has 1 N–H and O–H groups in total. The lowest BCUT2D eigenvalue weighted by Crippen LogP contribution is -2.09. The number of carbonyl (C=O) groups excluding carboxylic acids is 1. The summed E-state index contributed by atoms with van der Waals surface area (Å²) in [6, 6.07) is 0.740. The van der Waals surface area contributed by atoms with Gasteiger partial charge >= 0.3 is 18.2 Å². The van der Waals surface area contributed by atoms with E-state index in [0.29, 0.717) is 0 Å². The molecule has 1 heterocycles. The SMILES string of the molecule is CCOC(=O)Cc1cc(C(F)F)nc([N+](=O)[O-])c1O. The van der Waals surface area contributed by atoms with Crippen LogP contribution in [0.3, 0.4) is 0 Å². The van der Waals surface area contributed by atoms with Crippen LogP contribution in [0.4, 0.5) is 14.6 Å². The first-order chi connectivity index (χ1) is 8.86. The lowest BCUT2D eigenvalue weighted by Gasteiger charge is -2.06. The van der Waals surface area contributed by atoms with Crippen molar-refractivity contribution in [2.24, 2.45) is 0 Å². The Labute approximate surface area is 106 Å². The molecule has 0 atom stereocenters. The first-order valence-corrected chi connectivity index (χ1v) is 5.17. The number of pyridine rings is 1. The van der Waals surface area contributed by atoms with Crippen LogP contribution in [0.25, 0.3) is 0 Å². The lowest BCUT2D eigenvalue weighted by atomic mass is 10.1. The fourth-order valence-electron chi connectivity index (χ4n) is 1.34. The maximum atomic E-state index is 12.5. The second-order valence-corrected chi connectivity index (χ2v) is 3.42. The highest BCUT2D eigenvalue weighted by atomic mass is 19.3. The Hall–Kier alpha value is -2.32. The molecule has 1 aromatic rings. The molecule has 0 aromatic carbocycles. The molecule has 0 spiro atoms. The fraction of sp³-hybridized carbons (Fsp3) is 0.400. The number of alkyl halides is 2. The zero-order valence-electron chi connectivity index (χ0n) is 9.80. The molecule has 0 radical (unpaired) electrons. The third-order valence-corrected chi connectivity index (χ3v) is 2.11. The molecule has 0 saturated carbocycles. The van der Waals surface area contributed by atoms with Gasteiger partial charge in [-0.2, -0.15) is 0 Å². The van der Waals surface area contributed by atoms with Gasteiger partial charge in [0.25, 0.3) is 0 Å². The number of ether oxygens (including phenoxy) is 1. The minimum Gasteiger partial charge on any atom is -0.501 e. The maximum Gasteiger partial charge on any atom is 0.406 e. The number of aromatic hydroxyl groups is 1. The van der Waals surface area contributed by atoms with E-state index in [9.17, 15) is 28.8 Å². The van der Waals surface area contributed by atoms with Crippen molar-refractivity contribution >= 4 is 11.8 Å². The molecule has 0 aliphatic heterocycles. The molecule has 0 aliphatic carbocycles. The number of esters is 1. The second kappa shape index (κ2) is 6.03. The molecule has 0 bridgehead atoms. The fourth-order valence-corrected chi connectivity index (χ4v) is 1.34. The van der Waals surface area contributed by atoms with Crippen LogP contribution in [-0.4, -0.2) is 27.6 Å². The van der Waals surface area contributed by atoms with Crippen molar-refractivity contribution in [2.75, 3.05) is 6.61 Å². The Morgan fingerprint density at radius 2 is 2.26 bits per heavy atom. The van der Waals surface area contributed by atoms with Crippen LogP contribution in [0.5, 0.6) is 5.75 Å². The van der Waals surface area contributed by atoms with Crippen molar-refractivity contribution in [3.8, 4) is 5.75 Å². The Balaban J connectivity index is 3.21. The van der Waals surface area contributed by atoms with Gasteiger partial charge in [-0.1, -0.05) is 0 Å². The molecule has 0 fully saturated rings. The van der Waals surface area contributed by atoms with E-state index in [-0.39, 0.29) is 12.2 Å². The first-order valence-electron chi connectivity index (χ1n) is 5.17. The van der Waals surface area contributed by atoms with Gasteiger partial charge < -0.3 is 20.0 Å². The predicted octanol–water partition coefficient (Wildman–Crippen LogP) is 1.74. The van der Waals surface area contributed by atoms with E-state index in [4.69, 9.17) is 0 Å². The Morgan fingerprint density at radius 3 is 2.74 bits per heavy atom. The highest BCUT2D eigenvalue weighted by Crippen LogP contribution is 2.32. The largest absolute Gasteiger partial charge is 0.501 e. The molecule has 7 nitrogen and oxygen atoms in total. The topological polar surface area (TPSA) is 103 Å². The average molecular weight is 276 g/mol. The Morgan fingerprint density at radius 1 is 1.63 bits per heavy atom. The zero-order chi connectivity index (χ0) is 14.6. The molecule has 0 aliphatic rings. The third-order valence-electron chi connectivity index (χ3n) is 2.11. The van der Waals surface area contributed by atoms with Crippen LogP contribution in [0.15, 0.2) is 6.07 Å². The van der Waals surface area contributed by atoms with Gasteiger partial charge in [0, 0.05) is 5.56 Å². The minimum absolute atomic E-state index is 0.0640. The van der Waals surface area contributed by atoms with Crippen molar-refractivity contribution in [1.29, 1.82) is 0 Å². The van der Waals surface area contributed by atoms with Crippen LogP contribution in [0.2, 0.25) is 0 Å². The zero-order valence-corrected chi connectivity index (χ0v) is 9.80. The highest BCUT2D eigenvalue weighted by molar-refractivity contribution is 5.74. The van der Waals surface area contributed by atoms with Crippen molar-refractivity contribution < 1.29 is 28.3 Å². The first kappa shape index (κ1) is 14.7. The summed E-state index contributed by atoms with van der Waals surface area (Å²) in [6.07, 6.45) is -3.61. The van der Waals surface area contributed by atoms with E-state index in [1.807, 2.05) is 0 Å². The van der Waals surface area contributed by atoms with Gasteiger partial charge in [-0.3, -0.25) is 4.79 Å². The normalized spacial score (nSPS) is 10.5. The van der Waals surface area contributed by atoms with Crippen LogP contribution in [-0.2, 0) is 16.0 Å². The summed E-state index contributed by atoms with van der Waals surface area (Å²) >= 11 is 0. The van der Waals surface area contributed by atoms with Crippen LogP contribution in [0.1, 0.15) is 24.6 Å².